The third-order valence-corrected chi connectivity index (χ3v) is 7.25. The quantitative estimate of drug-likeness (QED) is 0.420. The molecule has 2 heterocycles. The Kier molecular flexibility index (Phi) is 6.17. The number of nitrogens with one attached hydrogen (secondary N) is 1. The van der Waals surface area contributed by atoms with E-state index in [-0.39, 0.29) is 24.8 Å². The maximum atomic E-state index is 13.9. The molecule has 0 unspecified atom stereocenters. The number of ether oxygens (including phenoxy) is 1. The van der Waals surface area contributed by atoms with Crippen LogP contribution in [0, 0.1) is 11.8 Å². The fourth-order valence-corrected chi connectivity index (χ4v) is 5.69. The highest BCUT2D eigenvalue weighted by molar-refractivity contribution is 6.30. The lowest BCUT2D eigenvalue weighted by molar-refractivity contribution is -0.154. The molecular weight excluding hydrogens is 464 g/mol. The summed E-state index contributed by atoms with van der Waals surface area (Å²) in [6.45, 7) is 0.149. The average molecular weight is 489 g/mol. The number of rotatable bonds is 6. The van der Waals surface area contributed by atoms with E-state index in [1.807, 2.05) is 66.7 Å². The van der Waals surface area contributed by atoms with Crippen molar-refractivity contribution in [1.29, 1.82) is 0 Å². The van der Waals surface area contributed by atoms with Gasteiger partial charge in [-0.1, -0.05) is 84.4 Å². The van der Waals surface area contributed by atoms with Gasteiger partial charge in [0.1, 0.15) is 5.54 Å². The van der Waals surface area contributed by atoms with Crippen molar-refractivity contribution < 1.29 is 19.1 Å². The fraction of sp³-hybridized carbons (Fsp3) is 0.250. The second-order valence-electron chi connectivity index (χ2n) is 9.05. The number of esters is 1. The van der Waals surface area contributed by atoms with Crippen LogP contribution in [0.3, 0.4) is 0 Å². The number of amides is 2. The van der Waals surface area contributed by atoms with Crippen LogP contribution in [0.1, 0.15) is 22.7 Å². The number of benzene rings is 3. The van der Waals surface area contributed by atoms with Gasteiger partial charge in [-0.15, -0.1) is 0 Å². The first-order valence-electron chi connectivity index (χ1n) is 11.5. The number of methoxy groups -OCH3 is 1. The average Bonchev–Trinajstić information content (AvgIpc) is 3.34. The van der Waals surface area contributed by atoms with Crippen LogP contribution in [0.15, 0.2) is 84.9 Å². The maximum Gasteiger partial charge on any atom is 0.327 e. The van der Waals surface area contributed by atoms with Gasteiger partial charge in [0, 0.05) is 17.5 Å². The van der Waals surface area contributed by atoms with Crippen LogP contribution in [-0.2, 0) is 32.1 Å². The molecule has 4 atom stereocenters. The Morgan fingerprint density at radius 3 is 2.23 bits per heavy atom. The number of carbonyl (C=O) groups excluding carboxylic acids is 3. The molecule has 0 aromatic heterocycles. The molecule has 0 bridgehead atoms. The zero-order chi connectivity index (χ0) is 24.6. The summed E-state index contributed by atoms with van der Waals surface area (Å²) in [7, 11) is 1.31. The lowest BCUT2D eigenvalue weighted by Crippen LogP contribution is -2.57. The molecule has 3 aromatic rings. The monoisotopic (exact) mass is 488 g/mol. The van der Waals surface area contributed by atoms with Crippen LogP contribution in [0.4, 0.5) is 0 Å². The normalized spacial score (nSPS) is 25.5. The first-order valence-corrected chi connectivity index (χ1v) is 11.9. The van der Waals surface area contributed by atoms with Crippen molar-refractivity contribution >= 4 is 29.4 Å². The Labute approximate surface area is 208 Å². The number of hydrogen-bond donors (Lipinski definition) is 1. The molecule has 1 N–H and O–H groups in total. The first kappa shape index (κ1) is 23.3. The number of imide groups is 1. The Morgan fingerprint density at radius 2 is 1.60 bits per heavy atom. The van der Waals surface area contributed by atoms with Crippen molar-refractivity contribution in [3.05, 3.63) is 107 Å². The molecule has 5 rings (SSSR count). The third-order valence-electron chi connectivity index (χ3n) is 7.01. The van der Waals surface area contributed by atoms with Crippen LogP contribution in [0.5, 0.6) is 0 Å². The van der Waals surface area contributed by atoms with E-state index in [9.17, 15) is 14.4 Å². The van der Waals surface area contributed by atoms with Gasteiger partial charge in [-0.05, 0) is 28.8 Å². The summed E-state index contributed by atoms with van der Waals surface area (Å²) in [4.78, 5) is 42.4. The minimum absolute atomic E-state index is 0.149. The van der Waals surface area contributed by atoms with Gasteiger partial charge < -0.3 is 4.74 Å². The highest BCUT2D eigenvalue weighted by atomic mass is 35.5. The third kappa shape index (κ3) is 4.03. The van der Waals surface area contributed by atoms with Crippen LogP contribution >= 0.6 is 11.6 Å². The second-order valence-corrected chi connectivity index (χ2v) is 9.49. The molecular formula is C28H25ClN2O4. The molecule has 2 aliphatic heterocycles. The SMILES string of the molecule is COC(=O)[C@@]1(Cc2ccccc2)N[C@@H](c2cccc(Cl)c2)[C@H]2C(=O)N(Cc3ccccc3)C(=O)[C@H]21. The van der Waals surface area contributed by atoms with E-state index in [0.29, 0.717) is 5.02 Å². The lowest BCUT2D eigenvalue weighted by atomic mass is 9.76. The number of fused-ring (bicyclic) bond motifs is 1. The molecule has 7 heteroatoms. The van der Waals surface area contributed by atoms with Crippen molar-refractivity contribution in [3.8, 4) is 0 Å². The molecule has 0 radical (unpaired) electrons. The number of halogens is 1. The summed E-state index contributed by atoms with van der Waals surface area (Å²) in [5.41, 5.74) is 1.03. The van der Waals surface area contributed by atoms with Crippen molar-refractivity contribution in [2.75, 3.05) is 7.11 Å². The van der Waals surface area contributed by atoms with E-state index < -0.39 is 29.4 Å². The summed E-state index contributed by atoms with van der Waals surface area (Å²) in [6.07, 6.45) is 0.205. The van der Waals surface area contributed by atoms with Crippen molar-refractivity contribution in [2.24, 2.45) is 11.8 Å². The molecule has 178 valence electrons. The smallest absolute Gasteiger partial charge is 0.327 e. The summed E-state index contributed by atoms with van der Waals surface area (Å²) in [5, 5.41) is 3.90. The Balaban J connectivity index is 1.63. The summed E-state index contributed by atoms with van der Waals surface area (Å²) >= 11 is 6.28. The highest BCUT2D eigenvalue weighted by Gasteiger charge is 2.68. The second kappa shape index (κ2) is 9.29. The minimum Gasteiger partial charge on any atom is -0.468 e. The first-order chi connectivity index (χ1) is 16.9. The van der Waals surface area contributed by atoms with E-state index >= 15 is 0 Å². The van der Waals surface area contributed by atoms with Crippen molar-refractivity contribution in [2.45, 2.75) is 24.5 Å². The molecule has 0 aliphatic carbocycles. The molecule has 3 aromatic carbocycles. The van der Waals surface area contributed by atoms with Crippen LogP contribution in [-0.4, -0.2) is 35.3 Å². The zero-order valence-corrected chi connectivity index (χ0v) is 19.9. The zero-order valence-electron chi connectivity index (χ0n) is 19.2. The molecule has 2 saturated heterocycles. The van der Waals surface area contributed by atoms with Crippen molar-refractivity contribution in [1.82, 2.24) is 10.2 Å². The van der Waals surface area contributed by atoms with Gasteiger partial charge in [0.05, 0.1) is 25.5 Å². The lowest BCUT2D eigenvalue weighted by Gasteiger charge is -2.32. The number of likely N-dealkylation sites (tertiary alicyclic amines) is 1. The van der Waals surface area contributed by atoms with Gasteiger partial charge in [-0.25, -0.2) is 0 Å². The highest BCUT2D eigenvalue weighted by Crippen LogP contribution is 2.50. The van der Waals surface area contributed by atoms with E-state index in [0.717, 1.165) is 16.7 Å². The van der Waals surface area contributed by atoms with Gasteiger partial charge in [-0.2, -0.15) is 0 Å². The summed E-state index contributed by atoms with van der Waals surface area (Å²) < 4.78 is 5.25. The summed E-state index contributed by atoms with van der Waals surface area (Å²) in [6, 6.07) is 25.4. The van der Waals surface area contributed by atoms with Crippen LogP contribution < -0.4 is 5.32 Å². The standard InChI is InChI=1S/C28H25ClN2O4/c1-35-27(34)28(16-18-9-4-2-5-10-18)23-22(24(30-28)20-13-8-14-21(29)15-20)25(32)31(26(23)33)17-19-11-6-3-7-12-19/h2-15,22-24,30H,16-17H2,1H3/t22-,23-,24-,28-/m0/s1. The molecule has 6 nitrogen and oxygen atoms in total. The largest absolute Gasteiger partial charge is 0.468 e. The molecule has 35 heavy (non-hydrogen) atoms. The predicted molar refractivity (Wildman–Crippen MR) is 131 cm³/mol. The maximum absolute atomic E-state index is 13.9. The molecule has 0 saturated carbocycles. The molecule has 0 spiro atoms. The molecule has 2 fully saturated rings. The Morgan fingerprint density at radius 1 is 0.943 bits per heavy atom. The van der Waals surface area contributed by atoms with E-state index in [1.165, 1.54) is 12.0 Å². The molecule has 2 amide bonds. The number of carbonyl (C=O) groups is 3. The van der Waals surface area contributed by atoms with E-state index in [2.05, 4.69) is 5.32 Å². The van der Waals surface area contributed by atoms with E-state index in [4.69, 9.17) is 16.3 Å². The van der Waals surface area contributed by atoms with E-state index in [1.54, 1.807) is 18.2 Å². The van der Waals surface area contributed by atoms with Gasteiger partial charge in [0.15, 0.2) is 0 Å². The number of nitrogens with zero attached hydrogens (tertiary/aromatic N) is 1. The summed E-state index contributed by atoms with van der Waals surface area (Å²) in [5.74, 6) is -2.94. The Bertz CT molecular complexity index is 1270. The van der Waals surface area contributed by atoms with Crippen molar-refractivity contribution in [3.63, 3.8) is 0 Å². The fourth-order valence-electron chi connectivity index (χ4n) is 5.49. The van der Waals surface area contributed by atoms with Crippen LogP contribution in [0.25, 0.3) is 0 Å². The van der Waals surface area contributed by atoms with Gasteiger partial charge in [0.2, 0.25) is 11.8 Å². The topological polar surface area (TPSA) is 75.7 Å². The van der Waals surface area contributed by atoms with Gasteiger partial charge in [-0.3, -0.25) is 24.6 Å². The Hall–Kier alpha value is -3.48. The minimum atomic E-state index is -1.41. The van der Waals surface area contributed by atoms with Gasteiger partial charge >= 0.3 is 5.97 Å². The predicted octanol–water partition coefficient (Wildman–Crippen LogP) is 3.94. The molecule has 2 aliphatic rings. The van der Waals surface area contributed by atoms with Crippen LogP contribution in [0.2, 0.25) is 5.02 Å². The number of hydrogen-bond acceptors (Lipinski definition) is 5. The van der Waals surface area contributed by atoms with Gasteiger partial charge in [0.25, 0.3) is 0 Å².